The molecule has 0 radical (unpaired) electrons. The van der Waals surface area contributed by atoms with Gasteiger partial charge in [-0.3, -0.25) is 14.6 Å². The zero-order valence-electron chi connectivity index (χ0n) is 14.1. The third kappa shape index (κ3) is 3.04. The molecule has 0 N–H and O–H groups in total. The summed E-state index contributed by atoms with van der Waals surface area (Å²) in [5, 5.41) is 1.98. The smallest absolute Gasteiger partial charge is 0.255 e. The van der Waals surface area contributed by atoms with Gasteiger partial charge in [0.1, 0.15) is 0 Å². The first-order valence-electron chi connectivity index (χ1n) is 8.51. The zero-order valence-corrected chi connectivity index (χ0v) is 14.9. The number of carbonyl (C=O) groups is 2. The van der Waals surface area contributed by atoms with Gasteiger partial charge < -0.3 is 9.80 Å². The Morgan fingerprint density at radius 3 is 3.00 bits per heavy atom. The van der Waals surface area contributed by atoms with Crippen LogP contribution in [0.1, 0.15) is 34.5 Å². The minimum Gasteiger partial charge on any atom is -0.336 e. The Balaban J connectivity index is 1.57. The molecule has 0 saturated carbocycles. The average Bonchev–Trinajstić information content (AvgIpc) is 2.98. The van der Waals surface area contributed by atoms with Crippen molar-refractivity contribution in [3.8, 4) is 0 Å². The summed E-state index contributed by atoms with van der Waals surface area (Å²) in [6.45, 7) is 3.54. The predicted octanol–water partition coefficient (Wildman–Crippen LogP) is 2.11. The van der Waals surface area contributed by atoms with Gasteiger partial charge >= 0.3 is 0 Å². The molecule has 2 aromatic rings. The van der Waals surface area contributed by atoms with Gasteiger partial charge in [0.25, 0.3) is 5.91 Å². The van der Waals surface area contributed by atoms with Crippen molar-refractivity contribution in [2.45, 2.75) is 32.4 Å². The monoisotopic (exact) mass is 356 g/mol. The molecule has 25 heavy (non-hydrogen) atoms. The van der Waals surface area contributed by atoms with E-state index in [0.29, 0.717) is 25.2 Å². The minimum atomic E-state index is -0.113. The van der Waals surface area contributed by atoms with Crippen LogP contribution in [0.4, 0.5) is 0 Å². The van der Waals surface area contributed by atoms with E-state index in [9.17, 15) is 9.59 Å². The molecule has 0 unspecified atom stereocenters. The van der Waals surface area contributed by atoms with Gasteiger partial charge in [-0.15, -0.1) is 11.3 Å². The highest BCUT2D eigenvalue weighted by molar-refractivity contribution is 7.07. The van der Waals surface area contributed by atoms with Gasteiger partial charge in [-0.05, 0) is 31.4 Å². The molecular weight excluding hydrogens is 336 g/mol. The molecule has 2 amide bonds. The van der Waals surface area contributed by atoms with Gasteiger partial charge in [-0.1, -0.05) is 0 Å². The highest BCUT2D eigenvalue weighted by Crippen LogP contribution is 2.31. The molecule has 0 aliphatic carbocycles. The Bertz CT molecular complexity index is 792. The number of thiazole rings is 1. The second-order valence-corrected chi connectivity index (χ2v) is 7.49. The first-order valence-corrected chi connectivity index (χ1v) is 9.45. The van der Waals surface area contributed by atoms with Crippen LogP contribution in [0.25, 0.3) is 0 Å². The maximum Gasteiger partial charge on any atom is 0.255 e. The van der Waals surface area contributed by atoms with E-state index in [1.54, 1.807) is 17.9 Å². The average molecular weight is 356 g/mol. The summed E-state index contributed by atoms with van der Waals surface area (Å²) >= 11 is 1.54. The number of hydrogen-bond acceptors (Lipinski definition) is 5. The number of pyridine rings is 1. The summed E-state index contributed by atoms with van der Waals surface area (Å²) in [4.78, 5) is 38.0. The largest absolute Gasteiger partial charge is 0.336 e. The van der Waals surface area contributed by atoms with Gasteiger partial charge in [-0.2, -0.15) is 0 Å². The van der Waals surface area contributed by atoms with Crippen LogP contribution in [-0.4, -0.2) is 50.7 Å². The number of rotatable bonds is 3. The van der Waals surface area contributed by atoms with E-state index in [1.165, 1.54) is 11.3 Å². The summed E-state index contributed by atoms with van der Waals surface area (Å²) in [5.74, 6) is 0.0200. The Morgan fingerprint density at radius 2 is 2.24 bits per heavy atom. The molecule has 2 bridgehead atoms. The summed E-state index contributed by atoms with van der Waals surface area (Å²) in [6.07, 6.45) is 5.11. The van der Waals surface area contributed by atoms with Crippen molar-refractivity contribution in [2.24, 2.45) is 5.92 Å². The molecule has 3 fully saturated rings. The normalized spacial score (nSPS) is 23.0. The summed E-state index contributed by atoms with van der Waals surface area (Å²) in [5.41, 5.74) is 4.26. The summed E-state index contributed by atoms with van der Waals surface area (Å²) in [7, 11) is 0. The zero-order chi connectivity index (χ0) is 17.4. The third-order valence-electron chi connectivity index (χ3n) is 5.17. The van der Waals surface area contributed by atoms with Gasteiger partial charge in [0.15, 0.2) is 0 Å². The van der Waals surface area contributed by atoms with Crippen molar-refractivity contribution in [2.75, 3.05) is 13.1 Å². The van der Waals surface area contributed by atoms with Crippen LogP contribution in [0, 0.1) is 12.8 Å². The van der Waals surface area contributed by atoms with E-state index in [2.05, 4.69) is 9.97 Å². The van der Waals surface area contributed by atoms with E-state index >= 15 is 0 Å². The number of hydrogen-bond donors (Lipinski definition) is 0. The van der Waals surface area contributed by atoms with Gasteiger partial charge in [0, 0.05) is 36.9 Å². The minimum absolute atomic E-state index is 0.0224. The van der Waals surface area contributed by atoms with E-state index in [1.807, 2.05) is 28.2 Å². The number of aromatic nitrogens is 2. The van der Waals surface area contributed by atoms with Crippen LogP contribution < -0.4 is 0 Å². The Hall–Kier alpha value is -2.28. The molecule has 130 valence electrons. The lowest BCUT2D eigenvalue weighted by Crippen LogP contribution is -2.47. The van der Waals surface area contributed by atoms with Crippen molar-refractivity contribution in [1.82, 2.24) is 19.8 Å². The molecule has 5 heterocycles. The number of nitrogens with zero attached hydrogens (tertiary/aromatic N) is 4. The second kappa shape index (κ2) is 6.55. The van der Waals surface area contributed by atoms with Crippen LogP contribution in [0.15, 0.2) is 29.4 Å². The molecule has 3 aliphatic heterocycles. The molecule has 0 spiro atoms. The Kier molecular flexibility index (Phi) is 4.25. The molecular formula is C18H20N4O2S. The van der Waals surface area contributed by atoms with Crippen molar-refractivity contribution in [3.05, 3.63) is 46.2 Å². The second-order valence-electron chi connectivity index (χ2n) is 6.77. The van der Waals surface area contributed by atoms with Crippen LogP contribution in [0.3, 0.4) is 0 Å². The lowest BCUT2D eigenvalue weighted by atomic mass is 9.94. The number of amides is 2. The maximum absolute atomic E-state index is 13.0. The number of aryl methyl sites for hydroxylation is 1. The van der Waals surface area contributed by atoms with Gasteiger partial charge in [-0.25, -0.2) is 4.98 Å². The Labute approximate surface area is 150 Å². The fraction of sp³-hybridized carbons (Fsp3) is 0.444. The number of piperidine rings is 1. The lowest BCUT2D eigenvalue weighted by molar-refractivity contribution is -0.140. The summed E-state index contributed by atoms with van der Waals surface area (Å²) in [6, 6.07) is 1.91. The van der Waals surface area contributed by atoms with E-state index < -0.39 is 0 Å². The van der Waals surface area contributed by atoms with E-state index in [0.717, 1.165) is 24.1 Å². The molecule has 2 atom stereocenters. The standard InChI is InChI=1S/C18H20N4O2S/c1-12-4-5-19-6-16(12)18(24)21-7-13-2-3-15(9-21)22(17(13)23)8-14-10-25-11-20-14/h4-6,10-11,13,15H,2-3,7-9H2,1H3/t13-,15+/m0/s1. The highest BCUT2D eigenvalue weighted by atomic mass is 32.1. The van der Waals surface area contributed by atoms with Crippen molar-refractivity contribution < 1.29 is 9.59 Å². The fourth-order valence-corrected chi connectivity index (χ4v) is 4.31. The molecule has 3 aliphatic rings. The van der Waals surface area contributed by atoms with Crippen LogP contribution >= 0.6 is 11.3 Å². The molecule has 3 saturated heterocycles. The number of fused-ring (bicyclic) bond motifs is 4. The molecule has 5 rings (SSSR count). The van der Waals surface area contributed by atoms with E-state index in [4.69, 9.17) is 0 Å². The fourth-order valence-electron chi connectivity index (χ4n) is 3.76. The van der Waals surface area contributed by atoms with Crippen molar-refractivity contribution >= 4 is 23.2 Å². The van der Waals surface area contributed by atoms with Gasteiger partial charge in [0.2, 0.25) is 5.91 Å². The Morgan fingerprint density at radius 1 is 1.36 bits per heavy atom. The number of carbonyl (C=O) groups excluding carboxylic acids is 2. The first-order chi connectivity index (χ1) is 12.1. The van der Waals surface area contributed by atoms with Gasteiger partial charge in [0.05, 0.1) is 29.2 Å². The van der Waals surface area contributed by atoms with Crippen molar-refractivity contribution in [1.29, 1.82) is 0 Å². The highest BCUT2D eigenvalue weighted by Gasteiger charge is 2.42. The molecule has 6 nitrogen and oxygen atoms in total. The van der Waals surface area contributed by atoms with Crippen LogP contribution in [0.2, 0.25) is 0 Å². The first kappa shape index (κ1) is 16.2. The van der Waals surface area contributed by atoms with Crippen LogP contribution in [-0.2, 0) is 11.3 Å². The predicted molar refractivity (Wildman–Crippen MR) is 94.1 cm³/mol. The molecule has 2 aromatic heterocycles. The third-order valence-corrected chi connectivity index (χ3v) is 5.80. The topological polar surface area (TPSA) is 66.4 Å². The summed E-state index contributed by atoms with van der Waals surface area (Å²) < 4.78 is 0. The van der Waals surface area contributed by atoms with Crippen LogP contribution in [0.5, 0.6) is 0 Å². The maximum atomic E-state index is 13.0. The van der Waals surface area contributed by atoms with E-state index in [-0.39, 0.29) is 23.8 Å². The molecule has 7 heteroatoms. The SMILES string of the molecule is Cc1ccncc1C(=O)N1C[C@@H]2CC[C@H](C1)N(Cc1cscn1)C2=O. The quantitative estimate of drug-likeness (QED) is 0.845. The lowest BCUT2D eigenvalue weighted by Gasteiger charge is -2.35. The van der Waals surface area contributed by atoms with Crippen molar-refractivity contribution in [3.63, 3.8) is 0 Å². The molecule has 0 aromatic carbocycles.